The lowest BCUT2D eigenvalue weighted by Gasteiger charge is -2.31. The fourth-order valence-corrected chi connectivity index (χ4v) is 3.77. The molecule has 0 saturated carbocycles. The van der Waals surface area contributed by atoms with Gasteiger partial charge in [0.15, 0.2) is 0 Å². The molecule has 1 N–H and O–H groups in total. The summed E-state index contributed by atoms with van der Waals surface area (Å²) in [5, 5.41) is 7.73. The average Bonchev–Trinajstić information content (AvgIpc) is 3.32. The maximum atomic E-state index is 12.6. The molecule has 0 atom stereocenters. The second-order valence-corrected chi connectivity index (χ2v) is 8.30. The van der Waals surface area contributed by atoms with Crippen LogP contribution in [-0.2, 0) is 16.6 Å². The van der Waals surface area contributed by atoms with Crippen molar-refractivity contribution in [2.24, 2.45) is 0 Å². The van der Waals surface area contributed by atoms with Crippen molar-refractivity contribution in [1.82, 2.24) is 15.5 Å². The monoisotopic (exact) mass is 445 g/mol. The molecule has 0 fully saturated rings. The van der Waals surface area contributed by atoms with Crippen molar-refractivity contribution in [3.63, 3.8) is 0 Å². The lowest BCUT2D eigenvalue weighted by molar-refractivity contribution is -0.121. The summed E-state index contributed by atoms with van der Waals surface area (Å²) in [6, 6.07) is 27.7. The molecule has 0 spiro atoms. The summed E-state index contributed by atoms with van der Waals surface area (Å²) >= 11 is 5.92. The van der Waals surface area contributed by atoms with Crippen LogP contribution in [-0.4, -0.2) is 22.6 Å². The third-order valence-electron chi connectivity index (χ3n) is 5.60. The number of carbonyl (C=O) groups excluding carboxylic acids is 1. The van der Waals surface area contributed by atoms with Crippen molar-refractivity contribution in [2.45, 2.75) is 25.2 Å². The number of nitrogens with one attached hydrogen (secondary N) is 1. The predicted octanol–water partition coefficient (Wildman–Crippen LogP) is 5.45. The van der Waals surface area contributed by atoms with E-state index in [9.17, 15) is 4.79 Å². The number of benzene rings is 3. The molecule has 4 rings (SSSR count). The van der Waals surface area contributed by atoms with Gasteiger partial charge in [0, 0.05) is 35.4 Å². The molecule has 0 saturated heterocycles. The van der Waals surface area contributed by atoms with Gasteiger partial charge in [-0.2, -0.15) is 4.98 Å². The molecule has 1 heterocycles. The zero-order chi connectivity index (χ0) is 22.4. The smallest absolute Gasteiger partial charge is 0.227 e. The first-order chi connectivity index (χ1) is 15.5. The van der Waals surface area contributed by atoms with Crippen LogP contribution in [0.1, 0.15) is 30.4 Å². The molecule has 0 aliphatic heterocycles. The zero-order valence-electron chi connectivity index (χ0n) is 17.8. The first kappa shape index (κ1) is 21.8. The van der Waals surface area contributed by atoms with E-state index in [1.165, 1.54) is 0 Å². The summed E-state index contributed by atoms with van der Waals surface area (Å²) in [6.45, 7) is 2.63. The summed E-state index contributed by atoms with van der Waals surface area (Å²) in [5.74, 6) is 0.853. The number of amides is 1. The molecule has 162 valence electrons. The van der Waals surface area contributed by atoms with E-state index in [0.29, 0.717) is 29.7 Å². The van der Waals surface area contributed by atoms with Crippen LogP contribution >= 0.6 is 11.6 Å². The summed E-state index contributed by atoms with van der Waals surface area (Å²) in [6.07, 6.45) is 0.641. The van der Waals surface area contributed by atoms with Crippen molar-refractivity contribution in [3.05, 3.63) is 107 Å². The molecule has 0 unspecified atom stereocenters. The molecular formula is C26H24ClN3O2. The van der Waals surface area contributed by atoms with Crippen molar-refractivity contribution in [2.75, 3.05) is 6.54 Å². The highest BCUT2D eigenvalue weighted by molar-refractivity contribution is 6.30. The number of rotatable bonds is 8. The molecule has 0 radical (unpaired) electrons. The van der Waals surface area contributed by atoms with Gasteiger partial charge in [-0.15, -0.1) is 0 Å². The Labute approximate surface area is 192 Å². The Balaban J connectivity index is 1.39. The largest absolute Gasteiger partial charge is 0.355 e. The van der Waals surface area contributed by atoms with Crippen molar-refractivity contribution in [3.8, 4) is 11.4 Å². The maximum absolute atomic E-state index is 12.6. The SMILES string of the molecule is CC(CNC(=O)CCc1nc(-c2ccc(Cl)cc2)no1)(c1ccccc1)c1ccccc1. The Morgan fingerprint density at radius 3 is 2.12 bits per heavy atom. The molecule has 3 aromatic carbocycles. The van der Waals surface area contributed by atoms with Crippen LogP contribution in [0.15, 0.2) is 89.5 Å². The fourth-order valence-electron chi connectivity index (χ4n) is 3.64. The summed E-state index contributed by atoms with van der Waals surface area (Å²) < 4.78 is 5.31. The van der Waals surface area contributed by atoms with Gasteiger partial charge >= 0.3 is 0 Å². The lowest BCUT2D eigenvalue weighted by atomic mass is 9.76. The number of hydrogen-bond acceptors (Lipinski definition) is 4. The predicted molar refractivity (Wildman–Crippen MR) is 125 cm³/mol. The standard InChI is InChI=1S/C26H24ClN3O2/c1-26(20-8-4-2-5-9-20,21-10-6-3-7-11-21)18-28-23(31)16-17-24-29-25(30-32-24)19-12-14-22(27)15-13-19/h2-15H,16-18H2,1H3,(H,28,31). The third-order valence-corrected chi connectivity index (χ3v) is 5.85. The number of hydrogen-bond donors (Lipinski definition) is 1. The van der Waals surface area contributed by atoms with Crippen molar-refractivity contribution >= 4 is 17.5 Å². The van der Waals surface area contributed by atoms with Gasteiger partial charge in [0.25, 0.3) is 0 Å². The minimum atomic E-state index is -0.343. The minimum Gasteiger partial charge on any atom is -0.355 e. The Hall–Kier alpha value is -3.44. The first-order valence-electron chi connectivity index (χ1n) is 10.5. The zero-order valence-corrected chi connectivity index (χ0v) is 18.5. The quantitative estimate of drug-likeness (QED) is 0.392. The van der Waals surface area contributed by atoms with Gasteiger partial charge < -0.3 is 9.84 Å². The molecular weight excluding hydrogens is 422 g/mol. The van der Waals surface area contributed by atoms with Crippen LogP contribution in [0.2, 0.25) is 5.02 Å². The molecule has 0 aliphatic rings. The second-order valence-electron chi connectivity index (χ2n) is 7.86. The van der Waals surface area contributed by atoms with Gasteiger partial charge in [0.1, 0.15) is 0 Å². The van der Waals surface area contributed by atoms with Crippen LogP contribution in [0.5, 0.6) is 0 Å². The van der Waals surface area contributed by atoms with Gasteiger partial charge in [-0.25, -0.2) is 0 Å². The van der Waals surface area contributed by atoms with Gasteiger partial charge in [-0.3, -0.25) is 4.79 Å². The Morgan fingerprint density at radius 1 is 0.938 bits per heavy atom. The molecule has 0 aliphatic carbocycles. The molecule has 1 aromatic heterocycles. The van der Waals surface area contributed by atoms with Crippen LogP contribution in [0.25, 0.3) is 11.4 Å². The lowest BCUT2D eigenvalue weighted by Crippen LogP contribution is -2.39. The molecule has 32 heavy (non-hydrogen) atoms. The van der Waals surface area contributed by atoms with E-state index in [2.05, 4.69) is 46.6 Å². The van der Waals surface area contributed by atoms with Crippen LogP contribution in [0, 0.1) is 0 Å². The topological polar surface area (TPSA) is 68.0 Å². The number of nitrogens with zero attached hydrogens (tertiary/aromatic N) is 2. The van der Waals surface area contributed by atoms with Crippen LogP contribution < -0.4 is 5.32 Å². The summed E-state index contributed by atoms with van der Waals surface area (Å²) in [5.41, 5.74) is 2.77. The third kappa shape index (κ3) is 5.06. The number of aryl methyl sites for hydroxylation is 1. The van der Waals surface area contributed by atoms with Gasteiger partial charge in [0.2, 0.25) is 17.6 Å². The number of aromatic nitrogens is 2. The second kappa shape index (κ2) is 9.79. The highest BCUT2D eigenvalue weighted by Crippen LogP contribution is 2.31. The van der Waals surface area contributed by atoms with Crippen molar-refractivity contribution in [1.29, 1.82) is 0 Å². The molecule has 1 amide bonds. The van der Waals surface area contributed by atoms with Crippen LogP contribution in [0.3, 0.4) is 0 Å². The molecule has 5 nitrogen and oxygen atoms in total. The highest BCUT2D eigenvalue weighted by Gasteiger charge is 2.29. The Bertz CT molecular complexity index is 1120. The van der Waals surface area contributed by atoms with Crippen molar-refractivity contribution < 1.29 is 9.32 Å². The van der Waals surface area contributed by atoms with Gasteiger partial charge in [-0.05, 0) is 42.3 Å². The Kier molecular flexibility index (Phi) is 6.66. The van der Waals surface area contributed by atoms with E-state index < -0.39 is 0 Å². The van der Waals surface area contributed by atoms with E-state index in [-0.39, 0.29) is 17.7 Å². The van der Waals surface area contributed by atoms with E-state index in [1.54, 1.807) is 12.1 Å². The molecule has 0 bridgehead atoms. The maximum Gasteiger partial charge on any atom is 0.227 e. The first-order valence-corrected chi connectivity index (χ1v) is 10.9. The van der Waals surface area contributed by atoms with Gasteiger partial charge in [0.05, 0.1) is 0 Å². The highest BCUT2D eigenvalue weighted by atomic mass is 35.5. The van der Waals surface area contributed by atoms with Gasteiger partial charge in [-0.1, -0.05) is 77.4 Å². The van der Waals surface area contributed by atoms with E-state index >= 15 is 0 Å². The summed E-state index contributed by atoms with van der Waals surface area (Å²) in [4.78, 5) is 17.0. The van der Waals surface area contributed by atoms with Crippen LogP contribution in [0.4, 0.5) is 0 Å². The minimum absolute atomic E-state index is 0.0608. The van der Waals surface area contributed by atoms with E-state index in [0.717, 1.165) is 16.7 Å². The molecule has 4 aromatic rings. The van der Waals surface area contributed by atoms with E-state index in [1.807, 2.05) is 48.5 Å². The number of halogens is 1. The summed E-state index contributed by atoms with van der Waals surface area (Å²) in [7, 11) is 0. The molecule has 6 heteroatoms. The normalized spacial score (nSPS) is 11.3. The Morgan fingerprint density at radius 2 is 1.53 bits per heavy atom. The number of carbonyl (C=O) groups is 1. The fraction of sp³-hybridized carbons (Fsp3) is 0.192. The average molecular weight is 446 g/mol. The van der Waals surface area contributed by atoms with E-state index in [4.69, 9.17) is 16.1 Å².